The summed E-state index contributed by atoms with van der Waals surface area (Å²) in [6, 6.07) is 0.187. The fraction of sp³-hybridized carbons (Fsp3) is 0.875. The maximum absolute atomic E-state index is 10.5. The smallest absolute Gasteiger partial charge is 0.137 e. The number of hydrogen-bond donors (Lipinski definition) is 1. The molecule has 10 heavy (non-hydrogen) atoms. The highest BCUT2D eigenvalue weighted by atomic mass is 16.1. The SMILES string of the molecule is O=C[C@H]1NC[C@@H]2CCC[C@@H]21. The third kappa shape index (κ3) is 0.788. The Morgan fingerprint density at radius 1 is 1.40 bits per heavy atom. The van der Waals surface area contributed by atoms with Crippen LogP contribution >= 0.6 is 0 Å². The molecule has 1 saturated heterocycles. The summed E-state index contributed by atoms with van der Waals surface area (Å²) < 4.78 is 0. The zero-order valence-corrected chi connectivity index (χ0v) is 6.05. The minimum Gasteiger partial charge on any atom is -0.307 e. The van der Waals surface area contributed by atoms with Gasteiger partial charge in [0.1, 0.15) is 6.29 Å². The van der Waals surface area contributed by atoms with Crippen LogP contribution in [0.5, 0.6) is 0 Å². The van der Waals surface area contributed by atoms with Gasteiger partial charge in [-0.1, -0.05) is 6.42 Å². The van der Waals surface area contributed by atoms with Crippen LogP contribution in [0.3, 0.4) is 0 Å². The molecule has 2 rings (SSSR count). The molecule has 1 aliphatic heterocycles. The van der Waals surface area contributed by atoms with Crippen molar-refractivity contribution >= 4 is 6.29 Å². The number of hydrogen-bond acceptors (Lipinski definition) is 2. The first-order chi connectivity index (χ1) is 4.92. The van der Waals surface area contributed by atoms with Gasteiger partial charge < -0.3 is 10.1 Å². The van der Waals surface area contributed by atoms with Crippen LogP contribution in [-0.2, 0) is 4.79 Å². The summed E-state index contributed by atoms with van der Waals surface area (Å²) in [5, 5.41) is 3.24. The first-order valence-corrected chi connectivity index (χ1v) is 4.10. The molecule has 1 aliphatic carbocycles. The second-order valence-electron chi connectivity index (χ2n) is 3.42. The average Bonchev–Trinajstić information content (AvgIpc) is 2.44. The average molecular weight is 139 g/mol. The molecule has 2 nitrogen and oxygen atoms in total. The third-order valence-corrected chi connectivity index (χ3v) is 2.94. The maximum Gasteiger partial charge on any atom is 0.137 e. The van der Waals surface area contributed by atoms with E-state index in [1.54, 1.807) is 0 Å². The van der Waals surface area contributed by atoms with Gasteiger partial charge in [-0.15, -0.1) is 0 Å². The van der Waals surface area contributed by atoms with Crippen LogP contribution in [0.2, 0.25) is 0 Å². The van der Waals surface area contributed by atoms with Gasteiger partial charge in [0.15, 0.2) is 0 Å². The molecule has 1 N–H and O–H groups in total. The van der Waals surface area contributed by atoms with Crippen LogP contribution in [-0.4, -0.2) is 18.9 Å². The molecule has 0 spiro atoms. The number of carbonyl (C=O) groups is 1. The largest absolute Gasteiger partial charge is 0.307 e. The standard InChI is InChI=1S/C8H13NO/c10-5-8-7-3-1-2-6(7)4-9-8/h5-9H,1-4H2/t6-,7-,8+/m0/s1. The Hall–Kier alpha value is -0.370. The van der Waals surface area contributed by atoms with E-state index in [-0.39, 0.29) is 6.04 Å². The van der Waals surface area contributed by atoms with E-state index in [2.05, 4.69) is 5.32 Å². The Morgan fingerprint density at radius 3 is 3.10 bits per heavy atom. The van der Waals surface area contributed by atoms with Gasteiger partial charge >= 0.3 is 0 Å². The molecule has 0 amide bonds. The monoisotopic (exact) mass is 139 g/mol. The fourth-order valence-electron chi connectivity index (χ4n) is 2.38. The molecule has 56 valence electrons. The molecule has 3 atom stereocenters. The topological polar surface area (TPSA) is 29.1 Å². The van der Waals surface area contributed by atoms with Crippen molar-refractivity contribution in [2.45, 2.75) is 25.3 Å². The summed E-state index contributed by atoms with van der Waals surface area (Å²) in [6.45, 7) is 1.08. The summed E-state index contributed by atoms with van der Waals surface area (Å²) in [7, 11) is 0. The van der Waals surface area contributed by atoms with E-state index >= 15 is 0 Å². The Labute approximate surface area is 61.0 Å². The van der Waals surface area contributed by atoms with Crippen LogP contribution in [0, 0.1) is 11.8 Å². The molecule has 0 bridgehead atoms. The third-order valence-electron chi connectivity index (χ3n) is 2.94. The molecule has 0 aromatic rings. The fourth-order valence-corrected chi connectivity index (χ4v) is 2.38. The predicted molar refractivity (Wildman–Crippen MR) is 38.7 cm³/mol. The summed E-state index contributed by atoms with van der Waals surface area (Å²) >= 11 is 0. The van der Waals surface area contributed by atoms with Crippen molar-refractivity contribution in [2.24, 2.45) is 11.8 Å². The molecule has 1 saturated carbocycles. The highest BCUT2D eigenvalue weighted by Gasteiger charge is 2.38. The lowest BCUT2D eigenvalue weighted by molar-refractivity contribution is -0.110. The molecule has 0 radical (unpaired) electrons. The minimum absolute atomic E-state index is 0.187. The van der Waals surface area contributed by atoms with E-state index in [9.17, 15) is 4.79 Å². The van der Waals surface area contributed by atoms with Crippen LogP contribution in [0.1, 0.15) is 19.3 Å². The van der Waals surface area contributed by atoms with Gasteiger partial charge in [0.25, 0.3) is 0 Å². The van der Waals surface area contributed by atoms with Crippen molar-refractivity contribution in [3.63, 3.8) is 0 Å². The summed E-state index contributed by atoms with van der Waals surface area (Å²) in [4.78, 5) is 10.5. The summed E-state index contributed by atoms with van der Waals surface area (Å²) in [5.74, 6) is 1.49. The van der Waals surface area contributed by atoms with Gasteiger partial charge in [0.05, 0.1) is 6.04 Å². The van der Waals surface area contributed by atoms with E-state index in [1.165, 1.54) is 19.3 Å². The van der Waals surface area contributed by atoms with Gasteiger partial charge in [0.2, 0.25) is 0 Å². The number of nitrogens with one attached hydrogen (secondary N) is 1. The van der Waals surface area contributed by atoms with Gasteiger partial charge in [-0.05, 0) is 31.2 Å². The van der Waals surface area contributed by atoms with Gasteiger partial charge in [-0.2, -0.15) is 0 Å². The lowest BCUT2D eigenvalue weighted by atomic mass is 9.95. The van der Waals surface area contributed by atoms with Crippen molar-refractivity contribution < 1.29 is 4.79 Å². The molecular weight excluding hydrogens is 126 g/mol. The quantitative estimate of drug-likeness (QED) is 0.538. The molecule has 1 heterocycles. The molecule has 2 heteroatoms. The van der Waals surface area contributed by atoms with Crippen molar-refractivity contribution in [2.75, 3.05) is 6.54 Å². The number of fused-ring (bicyclic) bond motifs is 1. The Kier molecular flexibility index (Phi) is 1.49. The van der Waals surface area contributed by atoms with E-state index in [1.807, 2.05) is 0 Å². The van der Waals surface area contributed by atoms with Gasteiger partial charge in [-0.25, -0.2) is 0 Å². The lowest BCUT2D eigenvalue weighted by Crippen LogP contribution is -2.27. The van der Waals surface area contributed by atoms with Gasteiger partial charge in [-0.3, -0.25) is 0 Å². The zero-order chi connectivity index (χ0) is 6.97. The van der Waals surface area contributed by atoms with Crippen molar-refractivity contribution in [1.82, 2.24) is 5.32 Å². The Morgan fingerprint density at radius 2 is 2.30 bits per heavy atom. The first-order valence-electron chi connectivity index (χ1n) is 4.10. The van der Waals surface area contributed by atoms with E-state index in [0.717, 1.165) is 18.7 Å². The maximum atomic E-state index is 10.5. The molecule has 2 aliphatic rings. The van der Waals surface area contributed by atoms with E-state index in [4.69, 9.17) is 0 Å². The summed E-state index contributed by atoms with van der Waals surface area (Å²) in [6.07, 6.45) is 5.01. The highest BCUT2D eigenvalue weighted by molar-refractivity contribution is 5.59. The van der Waals surface area contributed by atoms with Gasteiger partial charge in [0, 0.05) is 0 Å². The minimum atomic E-state index is 0.187. The molecular formula is C8H13NO. The zero-order valence-electron chi connectivity index (χ0n) is 6.05. The van der Waals surface area contributed by atoms with Crippen LogP contribution < -0.4 is 5.32 Å². The second-order valence-corrected chi connectivity index (χ2v) is 3.42. The molecule has 2 fully saturated rings. The Balaban J connectivity index is 2.07. The first kappa shape index (κ1) is 6.35. The normalized spacial score (nSPS) is 45.4. The number of carbonyl (C=O) groups excluding carboxylic acids is 1. The summed E-state index contributed by atoms with van der Waals surface area (Å²) in [5.41, 5.74) is 0. The molecule has 0 unspecified atom stereocenters. The number of rotatable bonds is 1. The molecule has 0 aromatic heterocycles. The molecule has 0 aromatic carbocycles. The lowest BCUT2D eigenvalue weighted by Gasteiger charge is -2.09. The van der Waals surface area contributed by atoms with E-state index < -0.39 is 0 Å². The van der Waals surface area contributed by atoms with Crippen LogP contribution in [0.15, 0.2) is 0 Å². The Bertz CT molecular complexity index is 146. The highest BCUT2D eigenvalue weighted by Crippen LogP contribution is 2.36. The predicted octanol–water partition coefficient (Wildman–Crippen LogP) is 0.573. The number of aldehydes is 1. The van der Waals surface area contributed by atoms with Crippen molar-refractivity contribution in [3.8, 4) is 0 Å². The van der Waals surface area contributed by atoms with E-state index in [0.29, 0.717) is 5.92 Å². The van der Waals surface area contributed by atoms with Crippen LogP contribution in [0.4, 0.5) is 0 Å². The van der Waals surface area contributed by atoms with Crippen molar-refractivity contribution in [1.29, 1.82) is 0 Å². The second kappa shape index (κ2) is 2.35. The van der Waals surface area contributed by atoms with Crippen molar-refractivity contribution in [3.05, 3.63) is 0 Å². The van der Waals surface area contributed by atoms with Crippen LogP contribution in [0.25, 0.3) is 0 Å².